The Balaban J connectivity index is -0.000000468. The third-order valence-electron chi connectivity index (χ3n) is 4.34. The summed E-state index contributed by atoms with van der Waals surface area (Å²) in [6.45, 7) is 20.3. The minimum Gasteiger partial charge on any atom is -0.397 e. The maximum atomic E-state index is 11.6. The van der Waals surface area contributed by atoms with Gasteiger partial charge in [-0.3, -0.25) is 14.4 Å². The summed E-state index contributed by atoms with van der Waals surface area (Å²) >= 11 is 6.10. The zero-order valence-corrected chi connectivity index (χ0v) is 26.0. The third kappa shape index (κ3) is 24.1. The molecule has 0 aliphatic rings. The Hall–Kier alpha value is 0.990. The second kappa shape index (κ2) is 20.2. The van der Waals surface area contributed by atoms with E-state index >= 15 is 0 Å². The van der Waals surface area contributed by atoms with E-state index in [1.807, 2.05) is 6.26 Å². The van der Waals surface area contributed by atoms with Crippen LogP contribution in [-0.2, 0) is 25.4 Å². The first-order valence-electron chi connectivity index (χ1n) is 11.3. The van der Waals surface area contributed by atoms with Gasteiger partial charge in [0.25, 0.3) is 6.57 Å². The Kier molecular flexibility index (Phi) is 23.7. The summed E-state index contributed by atoms with van der Waals surface area (Å²) in [5, 5.41) is 7.57. The van der Waals surface area contributed by atoms with Gasteiger partial charge in [0.1, 0.15) is 0 Å². The van der Waals surface area contributed by atoms with Crippen LogP contribution < -0.4 is 0 Å². The van der Waals surface area contributed by atoms with Crippen molar-refractivity contribution in [1.82, 2.24) is 9.80 Å². The van der Waals surface area contributed by atoms with Crippen molar-refractivity contribution in [1.29, 1.82) is 0 Å². The normalized spacial score (nSPS) is 15.5. The van der Waals surface area contributed by atoms with Crippen LogP contribution in [0.1, 0.15) is 62.3 Å². The summed E-state index contributed by atoms with van der Waals surface area (Å²) in [6, 6.07) is 1.98. The molecule has 0 radical (unpaired) electrons. The lowest BCUT2D eigenvalue weighted by Crippen LogP contribution is -2.39. The largest absolute Gasteiger partial charge is 0.397 e. The highest BCUT2D eigenvalue weighted by Crippen LogP contribution is 2.54. The maximum Gasteiger partial charge on any atom is 0.254 e. The molecule has 0 spiro atoms. The van der Waals surface area contributed by atoms with E-state index in [0.29, 0.717) is 37.4 Å². The van der Waals surface area contributed by atoms with Crippen molar-refractivity contribution in [2.24, 2.45) is 0 Å². The van der Waals surface area contributed by atoms with Crippen molar-refractivity contribution >= 4 is 36.3 Å². The van der Waals surface area contributed by atoms with Gasteiger partial charge < -0.3 is 19.0 Å². The topological polar surface area (TPSA) is 82.5 Å². The molecule has 0 bridgehead atoms. The Morgan fingerprint density at radius 2 is 1.12 bits per heavy atom. The SMILES string of the molecule is CC(C)N(CCOP(C)(O)=S)C(C)C.CCO.CSP(C)(=O)OCCN(C(C)C)C(C)C. The highest BCUT2D eigenvalue weighted by molar-refractivity contribution is 8.56. The standard InChI is InChI=1S/C10H24NO2PS.C9H22NO2PS.C2H6O/c1-9(2)11(10(3)4)7-8-13-14(5,12)15-6;1-8(2)10(9(3)4)6-7-12-13(5,11)14;1-2-3/h9-10H,7-8H2,1-6H3;8-9H,6-7H2,1-5H3,(H,11,14);3H,2H2,1H3. The average Bonchev–Trinajstić information content (AvgIpc) is 2.61. The van der Waals surface area contributed by atoms with Gasteiger partial charge in [0.15, 0.2) is 6.49 Å². The van der Waals surface area contributed by atoms with Crippen LogP contribution in [-0.4, -0.2) is 96.5 Å². The molecule has 0 saturated heterocycles. The molecule has 0 aromatic heterocycles. The van der Waals surface area contributed by atoms with E-state index in [9.17, 15) is 9.46 Å². The number of rotatable bonds is 13. The van der Waals surface area contributed by atoms with Crippen LogP contribution >= 0.6 is 24.4 Å². The fraction of sp³-hybridized carbons (Fsp3) is 1.00. The molecule has 7 nitrogen and oxygen atoms in total. The minimum atomic E-state index is -2.48. The quantitative estimate of drug-likeness (QED) is 0.301. The van der Waals surface area contributed by atoms with Gasteiger partial charge in [-0.25, -0.2) is 0 Å². The predicted molar refractivity (Wildman–Crippen MR) is 148 cm³/mol. The Morgan fingerprint density at radius 1 is 0.844 bits per heavy atom. The first kappa shape index (κ1) is 37.5. The lowest BCUT2D eigenvalue weighted by atomic mass is 10.2. The Labute approximate surface area is 208 Å². The van der Waals surface area contributed by atoms with Gasteiger partial charge in [-0.05, 0) is 80.4 Å². The molecule has 0 fully saturated rings. The summed E-state index contributed by atoms with van der Waals surface area (Å²) in [6.07, 6.45) is 1.82. The van der Waals surface area contributed by atoms with E-state index in [2.05, 4.69) is 65.2 Å². The van der Waals surface area contributed by atoms with Crippen LogP contribution in [0.5, 0.6) is 0 Å². The molecule has 2 N–H and O–H groups in total. The molecule has 0 saturated carbocycles. The van der Waals surface area contributed by atoms with E-state index in [1.54, 1.807) is 20.3 Å². The number of aliphatic hydroxyl groups is 1. The maximum absolute atomic E-state index is 11.6. The summed E-state index contributed by atoms with van der Waals surface area (Å²) in [4.78, 5) is 13.9. The molecule has 32 heavy (non-hydrogen) atoms. The van der Waals surface area contributed by atoms with Gasteiger partial charge in [-0.15, -0.1) is 0 Å². The summed E-state index contributed by atoms with van der Waals surface area (Å²) in [5.41, 5.74) is 0. The third-order valence-corrected chi connectivity index (χ3v) is 8.94. The van der Waals surface area contributed by atoms with E-state index in [0.717, 1.165) is 13.1 Å². The molecule has 2 unspecified atom stereocenters. The van der Waals surface area contributed by atoms with E-state index in [1.165, 1.54) is 11.4 Å². The average molecular weight is 539 g/mol. The number of hydrogen-bond acceptors (Lipinski definition) is 8. The van der Waals surface area contributed by atoms with Crippen LogP contribution in [0.3, 0.4) is 0 Å². The van der Waals surface area contributed by atoms with Gasteiger partial charge >= 0.3 is 0 Å². The Bertz CT molecular complexity index is 516. The highest BCUT2D eigenvalue weighted by atomic mass is 32.7. The molecular formula is C21H52N2O5P2S2. The van der Waals surface area contributed by atoms with Crippen molar-refractivity contribution < 1.29 is 23.6 Å². The molecule has 0 amide bonds. The van der Waals surface area contributed by atoms with Gasteiger partial charge in [0.05, 0.1) is 13.2 Å². The summed E-state index contributed by atoms with van der Waals surface area (Å²) < 4.78 is 22.2. The van der Waals surface area contributed by atoms with E-state index in [-0.39, 0.29) is 6.61 Å². The molecule has 2 atom stereocenters. The molecule has 0 aromatic carbocycles. The lowest BCUT2D eigenvalue weighted by Gasteiger charge is -2.30. The summed E-state index contributed by atoms with van der Waals surface area (Å²) in [7, 11) is 0. The molecular weight excluding hydrogens is 486 g/mol. The van der Waals surface area contributed by atoms with Crippen molar-refractivity contribution in [2.75, 3.05) is 52.5 Å². The van der Waals surface area contributed by atoms with Crippen molar-refractivity contribution in [3.05, 3.63) is 0 Å². The van der Waals surface area contributed by atoms with E-state index < -0.39 is 13.1 Å². The zero-order chi connectivity index (χ0) is 26.1. The molecule has 0 aromatic rings. The fourth-order valence-corrected chi connectivity index (χ4v) is 4.61. The number of hydrogen-bond donors (Lipinski definition) is 2. The van der Waals surface area contributed by atoms with Crippen molar-refractivity contribution in [2.45, 2.75) is 86.5 Å². The molecule has 0 aliphatic carbocycles. The Morgan fingerprint density at radius 3 is 1.34 bits per heavy atom. The fourth-order valence-electron chi connectivity index (χ4n) is 2.91. The van der Waals surface area contributed by atoms with Gasteiger partial charge in [0.2, 0.25) is 0 Å². The molecule has 0 aliphatic heterocycles. The van der Waals surface area contributed by atoms with Gasteiger partial charge in [-0.2, -0.15) is 0 Å². The highest BCUT2D eigenvalue weighted by Gasteiger charge is 2.17. The lowest BCUT2D eigenvalue weighted by molar-refractivity contribution is 0.142. The predicted octanol–water partition coefficient (Wildman–Crippen LogP) is 5.36. The van der Waals surface area contributed by atoms with Crippen LogP contribution in [0.2, 0.25) is 0 Å². The van der Waals surface area contributed by atoms with Crippen LogP contribution in [0, 0.1) is 0 Å². The number of aliphatic hydroxyl groups excluding tert-OH is 1. The smallest absolute Gasteiger partial charge is 0.254 e. The van der Waals surface area contributed by atoms with Crippen LogP contribution in [0.25, 0.3) is 0 Å². The first-order chi connectivity index (χ1) is 14.5. The van der Waals surface area contributed by atoms with Crippen LogP contribution in [0.15, 0.2) is 0 Å². The van der Waals surface area contributed by atoms with Gasteiger partial charge in [0, 0.05) is 57.2 Å². The van der Waals surface area contributed by atoms with E-state index in [4.69, 9.17) is 26.0 Å². The zero-order valence-electron chi connectivity index (χ0n) is 22.6. The molecule has 198 valence electrons. The second-order valence-electron chi connectivity index (χ2n) is 8.59. The minimum absolute atomic E-state index is 0.250. The molecule has 11 heteroatoms. The second-order valence-corrected chi connectivity index (χ2v) is 17.7. The van der Waals surface area contributed by atoms with Crippen molar-refractivity contribution in [3.8, 4) is 0 Å². The van der Waals surface area contributed by atoms with Gasteiger partial charge in [-0.1, -0.05) is 11.4 Å². The monoisotopic (exact) mass is 538 g/mol. The number of nitrogens with zero attached hydrogens (tertiary/aromatic N) is 2. The summed E-state index contributed by atoms with van der Waals surface area (Å²) in [5.74, 6) is 0. The van der Waals surface area contributed by atoms with Crippen LogP contribution in [0.4, 0.5) is 0 Å². The molecule has 0 heterocycles. The first-order valence-corrected chi connectivity index (χ1v) is 18.3. The molecule has 0 rings (SSSR count). The van der Waals surface area contributed by atoms with Crippen molar-refractivity contribution in [3.63, 3.8) is 0 Å².